The summed E-state index contributed by atoms with van der Waals surface area (Å²) in [5.41, 5.74) is 0.198. The van der Waals surface area contributed by atoms with Crippen LogP contribution in [-0.2, 0) is 21.4 Å². The predicted molar refractivity (Wildman–Crippen MR) is 96.6 cm³/mol. The Kier molecular flexibility index (Phi) is 5.60. The first-order chi connectivity index (χ1) is 12.4. The van der Waals surface area contributed by atoms with Crippen molar-refractivity contribution in [2.75, 3.05) is 6.54 Å². The Morgan fingerprint density at radius 2 is 1.81 bits per heavy atom. The molecule has 8 heteroatoms. The van der Waals surface area contributed by atoms with Gasteiger partial charge < -0.3 is 5.32 Å². The van der Waals surface area contributed by atoms with Gasteiger partial charge >= 0.3 is 0 Å². The van der Waals surface area contributed by atoms with Crippen LogP contribution in [0.5, 0.6) is 0 Å². The van der Waals surface area contributed by atoms with Crippen molar-refractivity contribution in [3.05, 3.63) is 64.9 Å². The molecule has 0 heterocycles. The van der Waals surface area contributed by atoms with Crippen molar-refractivity contribution in [3.8, 4) is 0 Å². The fourth-order valence-electron chi connectivity index (χ4n) is 2.46. The first-order valence-electron chi connectivity index (χ1n) is 8.15. The van der Waals surface area contributed by atoms with Gasteiger partial charge in [-0.2, -0.15) is 4.31 Å². The quantitative estimate of drug-likeness (QED) is 0.782. The average molecular weight is 397 g/mol. The standard InChI is InChI=1S/C18H18ClFN2O3S/c19-14-5-9-16(10-6-14)26(24,25)22(12-18(23)21-15-7-8-15)11-13-3-1-2-4-17(13)20/h1-6,9-10,15H,7-8,11-12H2,(H,21,23). The molecule has 0 saturated heterocycles. The van der Waals surface area contributed by atoms with E-state index in [-0.39, 0.29) is 29.6 Å². The summed E-state index contributed by atoms with van der Waals surface area (Å²) in [6, 6.07) is 11.7. The number of carbonyl (C=O) groups excluding carboxylic acids is 1. The number of sulfonamides is 1. The van der Waals surface area contributed by atoms with Crippen molar-refractivity contribution in [2.24, 2.45) is 0 Å². The molecule has 0 radical (unpaired) electrons. The van der Waals surface area contributed by atoms with E-state index in [9.17, 15) is 17.6 Å². The van der Waals surface area contributed by atoms with E-state index in [0.29, 0.717) is 5.02 Å². The van der Waals surface area contributed by atoms with Gasteiger partial charge in [-0.05, 0) is 43.2 Å². The van der Waals surface area contributed by atoms with Gasteiger partial charge in [0.25, 0.3) is 0 Å². The maximum Gasteiger partial charge on any atom is 0.243 e. The van der Waals surface area contributed by atoms with Gasteiger partial charge in [0.1, 0.15) is 5.82 Å². The Hall–Kier alpha value is -1.96. The molecule has 1 amide bonds. The molecule has 1 aliphatic carbocycles. The van der Waals surface area contributed by atoms with Gasteiger partial charge in [-0.25, -0.2) is 12.8 Å². The first-order valence-corrected chi connectivity index (χ1v) is 9.96. The number of amides is 1. The molecule has 138 valence electrons. The zero-order valence-electron chi connectivity index (χ0n) is 13.9. The number of rotatable bonds is 7. The minimum atomic E-state index is -4.00. The summed E-state index contributed by atoms with van der Waals surface area (Å²) in [5, 5.41) is 3.16. The van der Waals surface area contributed by atoms with Crippen LogP contribution in [0.2, 0.25) is 5.02 Å². The Labute approximate surface area is 156 Å². The molecule has 0 aromatic heterocycles. The van der Waals surface area contributed by atoms with Crippen LogP contribution in [0.25, 0.3) is 0 Å². The van der Waals surface area contributed by atoms with Crippen molar-refractivity contribution in [1.82, 2.24) is 9.62 Å². The van der Waals surface area contributed by atoms with Crippen molar-refractivity contribution in [2.45, 2.75) is 30.3 Å². The summed E-state index contributed by atoms with van der Waals surface area (Å²) in [6.07, 6.45) is 1.78. The summed E-state index contributed by atoms with van der Waals surface area (Å²) >= 11 is 5.82. The summed E-state index contributed by atoms with van der Waals surface area (Å²) < 4.78 is 40.9. The highest BCUT2D eigenvalue weighted by molar-refractivity contribution is 7.89. The number of nitrogens with one attached hydrogen (secondary N) is 1. The molecule has 26 heavy (non-hydrogen) atoms. The zero-order valence-corrected chi connectivity index (χ0v) is 15.4. The number of carbonyl (C=O) groups is 1. The SMILES string of the molecule is O=C(CN(Cc1ccccc1F)S(=O)(=O)c1ccc(Cl)cc1)NC1CC1. The summed E-state index contributed by atoms with van der Waals surface area (Å²) in [4.78, 5) is 12.2. The van der Waals surface area contributed by atoms with Crippen LogP contribution in [0.1, 0.15) is 18.4 Å². The molecule has 0 unspecified atom stereocenters. The molecule has 5 nitrogen and oxygen atoms in total. The van der Waals surface area contributed by atoms with Crippen LogP contribution in [0, 0.1) is 5.82 Å². The van der Waals surface area contributed by atoms with Crippen molar-refractivity contribution in [3.63, 3.8) is 0 Å². The van der Waals surface area contributed by atoms with Crippen LogP contribution in [-0.4, -0.2) is 31.2 Å². The highest BCUT2D eigenvalue weighted by Crippen LogP contribution is 2.22. The number of benzene rings is 2. The molecule has 1 fully saturated rings. The molecule has 2 aromatic carbocycles. The molecule has 1 saturated carbocycles. The number of hydrogen-bond acceptors (Lipinski definition) is 3. The van der Waals surface area contributed by atoms with Gasteiger partial charge in [0.05, 0.1) is 11.4 Å². The molecule has 0 bridgehead atoms. The Morgan fingerprint density at radius 3 is 2.42 bits per heavy atom. The maximum absolute atomic E-state index is 14.0. The molecule has 0 aliphatic heterocycles. The monoisotopic (exact) mass is 396 g/mol. The molecule has 1 N–H and O–H groups in total. The van der Waals surface area contributed by atoms with Crippen molar-refractivity contribution < 1.29 is 17.6 Å². The van der Waals surface area contributed by atoms with E-state index in [4.69, 9.17) is 11.6 Å². The van der Waals surface area contributed by atoms with Gasteiger partial charge in [0.2, 0.25) is 15.9 Å². The second kappa shape index (κ2) is 7.73. The molecule has 0 spiro atoms. The van der Waals surface area contributed by atoms with E-state index < -0.39 is 21.7 Å². The normalized spacial score (nSPS) is 14.4. The van der Waals surface area contributed by atoms with E-state index in [1.165, 1.54) is 42.5 Å². The molecule has 0 atom stereocenters. The lowest BCUT2D eigenvalue weighted by molar-refractivity contribution is -0.121. The average Bonchev–Trinajstić information content (AvgIpc) is 3.40. The fraction of sp³-hybridized carbons (Fsp3) is 0.278. The van der Waals surface area contributed by atoms with Crippen LogP contribution < -0.4 is 5.32 Å². The lowest BCUT2D eigenvalue weighted by atomic mass is 10.2. The van der Waals surface area contributed by atoms with Crippen LogP contribution in [0.3, 0.4) is 0 Å². The van der Waals surface area contributed by atoms with E-state index in [1.807, 2.05) is 0 Å². The highest BCUT2D eigenvalue weighted by Gasteiger charge is 2.30. The lowest BCUT2D eigenvalue weighted by Crippen LogP contribution is -2.41. The topological polar surface area (TPSA) is 66.5 Å². The van der Waals surface area contributed by atoms with E-state index in [1.54, 1.807) is 6.07 Å². The van der Waals surface area contributed by atoms with Gasteiger partial charge in [0.15, 0.2) is 0 Å². The maximum atomic E-state index is 14.0. The minimum Gasteiger partial charge on any atom is -0.352 e. The Bertz CT molecular complexity index is 899. The van der Waals surface area contributed by atoms with Crippen LogP contribution in [0.4, 0.5) is 4.39 Å². The fourth-order valence-corrected chi connectivity index (χ4v) is 3.96. The second-order valence-corrected chi connectivity index (χ2v) is 8.53. The summed E-state index contributed by atoms with van der Waals surface area (Å²) in [6.45, 7) is -0.620. The smallest absolute Gasteiger partial charge is 0.243 e. The predicted octanol–water partition coefficient (Wildman–Crippen LogP) is 2.95. The lowest BCUT2D eigenvalue weighted by Gasteiger charge is -2.22. The highest BCUT2D eigenvalue weighted by atomic mass is 35.5. The summed E-state index contributed by atoms with van der Waals surface area (Å²) in [5.74, 6) is -0.923. The summed E-state index contributed by atoms with van der Waals surface area (Å²) in [7, 11) is -4.00. The van der Waals surface area contributed by atoms with Gasteiger partial charge in [-0.15, -0.1) is 0 Å². The third-order valence-electron chi connectivity index (χ3n) is 4.02. The van der Waals surface area contributed by atoms with Gasteiger partial charge in [-0.1, -0.05) is 29.8 Å². The Balaban J connectivity index is 1.88. The molecular formula is C18H18ClFN2O3S. The number of halogens is 2. The first kappa shape index (κ1) is 18.8. The number of nitrogens with zero attached hydrogens (tertiary/aromatic N) is 1. The second-order valence-electron chi connectivity index (χ2n) is 6.16. The molecular weight excluding hydrogens is 379 g/mol. The van der Waals surface area contributed by atoms with Crippen LogP contribution >= 0.6 is 11.6 Å². The van der Waals surface area contributed by atoms with E-state index >= 15 is 0 Å². The minimum absolute atomic E-state index is 0.00235. The van der Waals surface area contributed by atoms with Crippen molar-refractivity contribution >= 4 is 27.5 Å². The van der Waals surface area contributed by atoms with Gasteiger partial charge in [-0.3, -0.25) is 4.79 Å². The third-order valence-corrected chi connectivity index (χ3v) is 6.08. The molecule has 2 aromatic rings. The van der Waals surface area contributed by atoms with Crippen molar-refractivity contribution in [1.29, 1.82) is 0 Å². The molecule has 3 rings (SSSR count). The van der Waals surface area contributed by atoms with Crippen LogP contribution in [0.15, 0.2) is 53.4 Å². The van der Waals surface area contributed by atoms with E-state index in [0.717, 1.165) is 17.1 Å². The van der Waals surface area contributed by atoms with E-state index in [2.05, 4.69) is 5.32 Å². The third kappa shape index (κ3) is 4.60. The number of hydrogen-bond donors (Lipinski definition) is 1. The van der Waals surface area contributed by atoms with Gasteiger partial charge in [0, 0.05) is 23.2 Å². The largest absolute Gasteiger partial charge is 0.352 e. The Morgan fingerprint density at radius 1 is 1.15 bits per heavy atom. The molecule has 1 aliphatic rings. The zero-order chi connectivity index (χ0) is 18.7.